The molecule has 0 bridgehead atoms. The van der Waals surface area contributed by atoms with Crippen LogP contribution >= 0.6 is 0 Å². The molecule has 0 spiro atoms. The van der Waals surface area contributed by atoms with Crippen LogP contribution in [0.15, 0.2) is 30.3 Å². The number of hydrogen-bond acceptors (Lipinski definition) is 3. The van der Waals surface area contributed by atoms with Crippen LogP contribution in [0.1, 0.15) is 19.4 Å². The first-order valence-electron chi connectivity index (χ1n) is 5.66. The smallest absolute Gasteiger partial charge is 0.374 e. The minimum Gasteiger partial charge on any atom is -0.374 e. The van der Waals surface area contributed by atoms with Gasteiger partial charge in [-0.3, -0.25) is 0 Å². The molecule has 0 aliphatic rings. The van der Waals surface area contributed by atoms with Gasteiger partial charge in [0.15, 0.2) is 0 Å². The van der Waals surface area contributed by atoms with Crippen molar-refractivity contribution in [2.24, 2.45) is 0 Å². The van der Waals surface area contributed by atoms with Crippen molar-refractivity contribution < 1.29 is 13.3 Å². The second-order valence-corrected chi connectivity index (χ2v) is 6.09. The highest BCUT2D eigenvalue weighted by Gasteiger charge is 2.33. The summed E-state index contributed by atoms with van der Waals surface area (Å²) in [7, 11) is -2.43. The van der Waals surface area contributed by atoms with Crippen LogP contribution in [0.3, 0.4) is 0 Å². The Kier molecular flexibility index (Phi) is 5.69. The Morgan fingerprint density at radius 1 is 0.938 bits per heavy atom. The van der Waals surface area contributed by atoms with Gasteiger partial charge in [-0.15, -0.1) is 0 Å². The molecule has 0 heterocycles. The van der Waals surface area contributed by atoms with Crippen molar-refractivity contribution in [3.63, 3.8) is 0 Å². The van der Waals surface area contributed by atoms with Gasteiger partial charge in [-0.2, -0.15) is 0 Å². The summed E-state index contributed by atoms with van der Waals surface area (Å²) in [5.74, 6) is 0. The maximum absolute atomic E-state index is 5.79. The summed E-state index contributed by atoms with van der Waals surface area (Å²) in [5, 5.41) is 0. The highest BCUT2D eigenvalue weighted by Crippen LogP contribution is 2.12. The van der Waals surface area contributed by atoms with E-state index >= 15 is 0 Å². The topological polar surface area (TPSA) is 27.7 Å². The van der Waals surface area contributed by atoms with Crippen LogP contribution in [0.25, 0.3) is 0 Å². The Hall–Kier alpha value is -0.683. The van der Waals surface area contributed by atoms with Gasteiger partial charge in [0.2, 0.25) is 0 Å². The molecule has 16 heavy (non-hydrogen) atoms. The molecule has 0 aliphatic carbocycles. The van der Waals surface area contributed by atoms with Crippen LogP contribution in [0, 0.1) is 0 Å². The molecule has 0 radical (unpaired) electrons. The molecule has 1 aromatic rings. The summed E-state index contributed by atoms with van der Waals surface area (Å²) in [4.78, 5) is 0. The zero-order valence-electron chi connectivity index (χ0n) is 10.2. The van der Waals surface area contributed by atoms with E-state index in [1.807, 2.05) is 50.7 Å². The third-order valence-corrected chi connectivity index (χ3v) is 4.45. The fraction of sp³-hybridized carbons (Fsp3) is 0.500. The lowest BCUT2D eigenvalue weighted by molar-refractivity contribution is 0.0680. The molecule has 3 nitrogen and oxygen atoms in total. The van der Waals surface area contributed by atoms with Gasteiger partial charge in [0.1, 0.15) is 0 Å². The van der Waals surface area contributed by atoms with Crippen molar-refractivity contribution in [1.29, 1.82) is 0 Å². The lowest BCUT2D eigenvalue weighted by atomic mass is 10.2. The minimum absolute atomic E-state index is 0.545. The zero-order valence-corrected chi connectivity index (χ0v) is 11.2. The van der Waals surface area contributed by atoms with E-state index in [2.05, 4.69) is 0 Å². The molecule has 0 aliphatic heterocycles. The molecule has 0 aromatic heterocycles. The maximum atomic E-state index is 5.79. The fourth-order valence-corrected chi connectivity index (χ4v) is 3.17. The van der Waals surface area contributed by atoms with E-state index in [0.29, 0.717) is 19.8 Å². The highest BCUT2D eigenvalue weighted by molar-refractivity contribution is 6.59. The van der Waals surface area contributed by atoms with Crippen LogP contribution < -0.4 is 0 Å². The van der Waals surface area contributed by atoms with Gasteiger partial charge < -0.3 is 13.3 Å². The summed E-state index contributed by atoms with van der Waals surface area (Å²) in [6, 6.07) is 10.1. The van der Waals surface area contributed by atoms with Crippen molar-refractivity contribution in [1.82, 2.24) is 0 Å². The third-order valence-electron chi connectivity index (χ3n) is 2.16. The van der Waals surface area contributed by atoms with Crippen LogP contribution in [0.5, 0.6) is 0 Å². The first-order chi connectivity index (χ1) is 7.70. The maximum Gasteiger partial charge on any atom is 0.497 e. The van der Waals surface area contributed by atoms with E-state index in [0.717, 1.165) is 5.56 Å². The quantitative estimate of drug-likeness (QED) is 0.686. The van der Waals surface area contributed by atoms with Crippen LogP contribution in [-0.4, -0.2) is 22.0 Å². The zero-order chi connectivity index (χ0) is 11.9. The van der Waals surface area contributed by atoms with Crippen LogP contribution in [0.4, 0.5) is 0 Å². The van der Waals surface area contributed by atoms with E-state index in [-0.39, 0.29) is 0 Å². The second-order valence-electron chi connectivity index (χ2n) is 3.50. The normalized spacial score (nSPS) is 11.7. The Morgan fingerprint density at radius 2 is 1.50 bits per heavy atom. The van der Waals surface area contributed by atoms with Gasteiger partial charge in [-0.1, -0.05) is 30.3 Å². The highest BCUT2D eigenvalue weighted by atomic mass is 28.4. The molecule has 0 N–H and O–H groups in total. The van der Waals surface area contributed by atoms with Crippen molar-refractivity contribution in [3.8, 4) is 0 Å². The molecule has 0 unspecified atom stereocenters. The monoisotopic (exact) mass is 240 g/mol. The molecule has 0 amide bonds. The van der Waals surface area contributed by atoms with Crippen molar-refractivity contribution in [2.45, 2.75) is 27.0 Å². The average molecular weight is 240 g/mol. The molecule has 90 valence electrons. The lowest BCUT2D eigenvalue weighted by Gasteiger charge is -2.25. The molecule has 0 saturated heterocycles. The predicted molar refractivity (Wildman–Crippen MR) is 66.1 cm³/mol. The number of benzene rings is 1. The molecule has 1 aromatic carbocycles. The van der Waals surface area contributed by atoms with E-state index < -0.39 is 8.80 Å². The third kappa shape index (κ3) is 4.45. The first-order valence-corrected chi connectivity index (χ1v) is 7.88. The van der Waals surface area contributed by atoms with Crippen molar-refractivity contribution in [3.05, 3.63) is 35.9 Å². The second kappa shape index (κ2) is 6.80. The van der Waals surface area contributed by atoms with E-state index in [9.17, 15) is 0 Å². The lowest BCUT2D eigenvalue weighted by Crippen LogP contribution is -2.42. The van der Waals surface area contributed by atoms with Crippen LogP contribution in [-0.2, 0) is 19.9 Å². The van der Waals surface area contributed by atoms with E-state index in [1.165, 1.54) is 0 Å². The number of hydrogen-bond donors (Lipinski definition) is 0. The van der Waals surface area contributed by atoms with Gasteiger partial charge in [-0.05, 0) is 19.4 Å². The summed E-state index contributed by atoms with van der Waals surface area (Å²) >= 11 is 0. The molecular weight excluding hydrogens is 220 g/mol. The van der Waals surface area contributed by atoms with Crippen LogP contribution in [0.2, 0.25) is 6.55 Å². The summed E-state index contributed by atoms with van der Waals surface area (Å²) in [6.45, 7) is 7.63. The molecular formula is C12H20O3Si. The molecule has 1 rings (SSSR count). The summed E-state index contributed by atoms with van der Waals surface area (Å²) in [6.07, 6.45) is 0. The fourth-order valence-electron chi connectivity index (χ4n) is 1.44. The largest absolute Gasteiger partial charge is 0.497 e. The molecule has 0 fully saturated rings. The molecule has 0 saturated carbocycles. The Balaban J connectivity index is 2.49. The minimum atomic E-state index is -2.43. The standard InChI is InChI=1S/C12H20O3Si/c1-4-13-16(3,14-5-2)15-11-12-9-7-6-8-10-12/h6-10H,4-5,11H2,1-3H3. The number of rotatable bonds is 7. The van der Waals surface area contributed by atoms with Gasteiger partial charge in [0.25, 0.3) is 0 Å². The van der Waals surface area contributed by atoms with Gasteiger partial charge in [-0.25, -0.2) is 0 Å². The average Bonchev–Trinajstić information content (AvgIpc) is 2.29. The molecule has 4 heteroatoms. The van der Waals surface area contributed by atoms with Gasteiger partial charge in [0, 0.05) is 19.8 Å². The Labute approximate surface area is 98.7 Å². The van der Waals surface area contributed by atoms with E-state index in [1.54, 1.807) is 0 Å². The van der Waals surface area contributed by atoms with Gasteiger partial charge in [0.05, 0.1) is 6.61 Å². The Morgan fingerprint density at radius 3 is 2.00 bits per heavy atom. The van der Waals surface area contributed by atoms with Crippen molar-refractivity contribution >= 4 is 8.80 Å². The summed E-state index contributed by atoms with van der Waals surface area (Å²) < 4.78 is 17.0. The van der Waals surface area contributed by atoms with Gasteiger partial charge >= 0.3 is 8.80 Å². The van der Waals surface area contributed by atoms with E-state index in [4.69, 9.17) is 13.3 Å². The predicted octanol–water partition coefficient (Wildman–Crippen LogP) is 2.84. The Bertz CT molecular complexity index is 284. The van der Waals surface area contributed by atoms with Crippen molar-refractivity contribution in [2.75, 3.05) is 13.2 Å². The first kappa shape index (κ1) is 13.4. The molecule has 0 atom stereocenters. The summed E-state index contributed by atoms with van der Waals surface area (Å²) in [5.41, 5.74) is 1.14. The SMILES string of the molecule is CCO[Si](C)(OCC)OCc1ccccc1.